The van der Waals surface area contributed by atoms with Crippen LogP contribution in [0.4, 0.5) is 18.9 Å². The quantitative estimate of drug-likeness (QED) is 0.929. The Balaban J connectivity index is 1.82. The van der Waals surface area contributed by atoms with Crippen LogP contribution in [0.1, 0.15) is 11.7 Å². The third kappa shape index (κ3) is 3.04. The first-order chi connectivity index (χ1) is 10.1. The summed E-state index contributed by atoms with van der Waals surface area (Å²) in [6.07, 6.45) is -0.402. The van der Waals surface area contributed by atoms with Crippen molar-refractivity contribution >= 4 is 5.69 Å². The number of halogens is 3. The molecule has 1 unspecified atom stereocenters. The van der Waals surface area contributed by atoms with E-state index < -0.39 is 18.5 Å². The molecule has 3 nitrogen and oxygen atoms in total. The van der Waals surface area contributed by atoms with Gasteiger partial charge in [0.25, 0.3) is 0 Å². The lowest BCUT2D eigenvalue weighted by atomic mass is 10.1. The lowest BCUT2D eigenvalue weighted by Crippen LogP contribution is -2.23. The number of nitrogens with one attached hydrogen (secondary N) is 1. The summed E-state index contributed by atoms with van der Waals surface area (Å²) in [5.74, 6) is 0.0635. The largest absolute Gasteiger partial charge is 0.482 e. The summed E-state index contributed by atoms with van der Waals surface area (Å²) in [7, 11) is 0. The highest BCUT2D eigenvalue weighted by Crippen LogP contribution is 2.35. The summed E-state index contributed by atoms with van der Waals surface area (Å²) in [5, 5.41) is 3.12. The van der Waals surface area contributed by atoms with Gasteiger partial charge >= 0.3 is 6.61 Å². The van der Waals surface area contributed by atoms with Crippen molar-refractivity contribution in [1.82, 2.24) is 0 Å². The van der Waals surface area contributed by atoms with Gasteiger partial charge in [-0.25, -0.2) is 4.39 Å². The molecule has 1 heterocycles. The third-order valence-corrected chi connectivity index (χ3v) is 3.15. The van der Waals surface area contributed by atoms with Gasteiger partial charge in [0.15, 0.2) is 0 Å². The first-order valence-electron chi connectivity index (χ1n) is 6.36. The summed E-state index contributed by atoms with van der Waals surface area (Å²) >= 11 is 0. The Labute approximate surface area is 119 Å². The summed E-state index contributed by atoms with van der Waals surface area (Å²) in [6, 6.07) is 10.5. The minimum Gasteiger partial charge on any atom is -0.482 e. The molecule has 110 valence electrons. The smallest absolute Gasteiger partial charge is 0.387 e. The second kappa shape index (κ2) is 5.55. The van der Waals surface area contributed by atoms with Gasteiger partial charge in [0.2, 0.25) is 0 Å². The Bertz CT molecular complexity index is 649. The van der Waals surface area contributed by atoms with Crippen molar-refractivity contribution in [2.45, 2.75) is 12.7 Å². The van der Waals surface area contributed by atoms with Crippen molar-refractivity contribution in [1.29, 1.82) is 0 Å². The predicted molar refractivity (Wildman–Crippen MR) is 71.3 cm³/mol. The number of alkyl halides is 2. The minimum absolute atomic E-state index is 0.0659. The van der Waals surface area contributed by atoms with Gasteiger partial charge in [-0.2, -0.15) is 8.78 Å². The number of hydrogen-bond donors (Lipinski definition) is 1. The van der Waals surface area contributed by atoms with Gasteiger partial charge in [0.1, 0.15) is 23.4 Å². The minimum atomic E-state index is -2.87. The lowest BCUT2D eigenvalue weighted by Gasteiger charge is -2.27. The third-order valence-electron chi connectivity index (χ3n) is 3.15. The van der Waals surface area contributed by atoms with Crippen molar-refractivity contribution in [3.8, 4) is 11.5 Å². The predicted octanol–water partition coefficient (Wildman–Crippen LogP) is 3.97. The van der Waals surface area contributed by atoms with Crippen LogP contribution in [0.3, 0.4) is 0 Å². The van der Waals surface area contributed by atoms with E-state index in [4.69, 9.17) is 4.74 Å². The van der Waals surface area contributed by atoms with Crippen LogP contribution in [0.2, 0.25) is 0 Å². The van der Waals surface area contributed by atoms with Gasteiger partial charge in [0, 0.05) is 6.07 Å². The van der Waals surface area contributed by atoms with Crippen LogP contribution in [-0.2, 0) is 0 Å². The van der Waals surface area contributed by atoms with Gasteiger partial charge in [-0.1, -0.05) is 12.1 Å². The Morgan fingerprint density at radius 2 is 2.05 bits per heavy atom. The monoisotopic (exact) mass is 295 g/mol. The highest BCUT2D eigenvalue weighted by molar-refractivity contribution is 5.58. The first-order valence-corrected chi connectivity index (χ1v) is 6.36. The van der Waals surface area contributed by atoms with Crippen LogP contribution in [0, 0.1) is 5.82 Å². The van der Waals surface area contributed by atoms with E-state index in [1.54, 1.807) is 18.2 Å². The van der Waals surface area contributed by atoms with E-state index in [1.165, 1.54) is 24.3 Å². The van der Waals surface area contributed by atoms with E-state index in [0.29, 0.717) is 23.5 Å². The SMILES string of the molecule is Fc1ccc2c(c1)OC(c1cccc(OC(F)F)c1)CN2. The molecule has 0 radical (unpaired) electrons. The summed E-state index contributed by atoms with van der Waals surface area (Å²) in [5.41, 5.74) is 1.38. The molecule has 0 fully saturated rings. The Morgan fingerprint density at radius 1 is 1.19 bits per heavy atom. The van der Waals surface area contributed by atoms with Crippen LogP contribution in [0.25, 0.3) is 0 Å². The molecule has 0 spiro atoms. The molecule has 0 aliphatic carbocycles. The van der Waals surface area contributed by atoms with Crippen LogP contribution >= 0.6 is 0 Å². The molecule has 21 heavy (non-hydrogen) atoms. The molecule has 2 aromatic rings. The molecule has 0 saturated carbocycles. The fourth-order valence-corrected chi connectivity index (χ4v) is 2.21. The Hall–Kier alpha value is -2.37. The molecule has 2 aromatic carbocycles. The summed E-state index contributed by atoms with van der Waals surface area (Å²) < 4.78 is 47.8. The van der Waals surface area contributed by atoms with Gasteiger partial charge in [0.05, 0.1) is 12.2 Å². The van der Waals surface area contributed by atoms with Crippen LogP contribution < -0.4 is 14.8 Å². The maximum atomic E-state index is 13.2. The second-order valence-corrected chi connectivity index (χ2v) is 4.58. The fourth-order valence-electron chi connectivity index (χ4n) is 2.21. The van der Waals surface area contributed by atoms with Gasteiger partial charge in [-0.3, -0.25) is 0 Å². The average molecular weight is 295 g/mol. The zero-order valence-corrected chi connectivity index (χ0v) is 10.9. The molecule has 0 aromatic heterocycles. The lowest BCUT2D eigenvalue weighted by molar-refractivity contribution is -0.0499. The molecule has 3 rings (SSSR count). The maximum Gasteiger partial charge on any atom is 0.387 e. The molecule has 1 aliphatic heterocycles. The van der Waals surface area contributed by atoms with E-state index in [-0.39, 0.29) is 5.75 Å². The Kier molecular flexibility index (Phi) is 3.60. The van der Waals surface area contributed by atoms with E-state index >= 15 is 0 Å². The Morgan fingerprint density at radius 3 is 2.86 bits per heavy atom. The first kappa shape index (κ1) is 13.6. The summed E-state index contributed by atoms with van der Waals surface area (Å²) in [4.78, 5) is 0. The molecule has 0 bridgehead atoms. The number of ether oxygens (including phenoxy) is 2. The molecule has 0 amide bonds. The van der Waals surface area contributed by atoms with Crippen molar-refractivity contribution in [2.24, 2.45) is 0 Å². The van der Waals surface area contributed by atoms with Gasteiger partial charge in [-0.05, 0) is 29.8 Å². The van der Waals surface area contributed by atoms with Crippen LogP contribution in [-0.4, -0.2) is 13.2 Å². The van der Waals surface area contributed by atoms with E-state index in [1.807, 2.05) is 0 Å². The molecule has 1 aliphatic rings. The van der Waals surface area contributed by atoms with Crippen molar-refractivity contribution in [3.63, 3.8) is 0 Å². The normalized spacial score (nSPS) is 16.9. The maximum absolute atomic E-state index is 13.2. The number of benzene rings is 2. The average Bonchev–Trinajstić information content (AvgIpc) is 2.46. The number of anilines is 1. The molecule has 1 atom stereocenters. The zero-order valence-electron chi connectivity index (χ0n) is 10.9. The topological polar surface area (TPSA) is 30.5 Å². The standard InChI is InChI=1S/C15H12F3NO2/c16-10-4-5-12-13(7-10)21-14(8-19-12)9-2-1-3-11(6-9)20-15(17)18/h1-7,14-15,19H,8H2. The van der Waals surface area contributed by atoms with Gasteiger partial charge < -0.3 is 14.8 Å². The molecule has 1 N–H and O–H groups in total. The second-order valence-electron chi connectivity index (χ2n) is 4.58. The molecular weight excluding hydrogens is 283 g/mol. The van der Waals surface area contributed by atoms with E-state index in [9.17, 15) is 13.2 Å². The molecule has 6 heteroatoms. The van der Waals surface area contributed by atoms with Gasteiger partial charge in [-0.15, -0.1) is 0 Å². The highest BCUT2D eigenvalue weighted by Gasteiger charge is 2.22. The van der Waals surface area contributed by atoms with Crippen molar-refractivity contribution in [2.75, 3.05) is 11.9 Å². The van der Waals surface area contributed by atoms with E-state index in [0.717, 1.165) is 0 Å². The number of rotatable bonds is 3. The molecular formula is C15H12F3NO2. The number of fused-ring (bicyclic) bond motifs is 1. The number of hydrogen-bond acceptors (Lipinski definition) is 3. The fraction of sp³-hybridized carbons (Fsp3) is 0.200. The zero-order chi connectivity index (χ0) is 14.8. The van der Waals surface area contributed by atoms with Crippen LogP contribution in [0.15, 0.2) is 42.5 Å². The van der Waals surface area contributed by atoms with Crippen molar-refractivity contribution in [3.05, 3.63) is 53.8 Å². The highest BCUT2D eigenvalue weighted by atomic mass is 19.3. The molecule has 0 saturated heterocycles. The van der Waals surface area contributed by atoms with Crippen LogP contribution in [0.5, 0.6) is 11.5 Å². The van der Waals surface area contributed by atoms with Crippen molar-refractivity contribution < 1.29 is 22.6 Å². The van der Waals surface area contributed by atoms with E-state index in [2.05, 4.69) is 10.1 Å². The summed E-state index contributed by atoms with van der Waals surface area (Å²) in [6.45, 7) is -2.42.